The summed E-state index contributed by atoms with van der Waals surface area (Å²) in [5.74, 6) is -1.63. The zero-order valence-electron chi connectivity index (χ0n) is 17.8. The minimum absolute atomic E-state index is 0.184. The molecule has 0 bridgehead atoms. The summed E-state index contributed by atoms with van der Waals surface area (Å²) >= 11 is 0. The number of hydrogen-bond donors (Lipinski definition) is 0. The van der Waals surface area contributed by atoms with E-state index in [9.17, 15) is 18.8 Å². The summed E-state index contributed by atoms with van der Waals surface area (Å²) in [4.78, 5) is 41.2. The van der Waals surface area contributed by atoms with Crippen molar-refractivity contribution in [1.29, 1.82) is 0 Å². The summed E-state index contributed by atoms with van der Waals surface area (Å²) in [7, 11) is 0. The highest BCUT2D eigenvalue weighted by Crippen LogP contribution is 2.22. The number of amides is 2. The SMILES string of the molecule is CCN(C(=O)[C@@H](C)OC(=O)C1CCN(C(=O)c2ccc(F)cc2)CC1)c1ccccc1. The van der Waals surface area contributed by atoms with Gasteiger partial charge in [0.25, 0.3) is 11.8 Å². The molecule has 31 heavy (non-hydrogen) atoms. The quantitative estimate of drug-likeness (QED) is 0.661. The Bertz CT molecular complexity index is 909. The molecule has 0 spiro atoms. The largest absolute Gasteiger partial charge is 0.452 e. The fourth-order valence-electron chi connectivity index (χ4n) is 3.71. The number of nitrogens with zero attached hydrogens (tertiary/aromatic N) is 2. The first-order valence-corrected chi connectivity index (χ1v) is 10.5. The summed E-state index contributed by atoms with van der Waals surface area (Å²) < 4.78 is 18.5. The number of likely N-dealkylation sites (N-methyl/N-ethyl adjacent to an activating group) is 1. The fourth-order valence-corrected chi connectivity index (χ4v) is 3.71. The number of esters is 1. The predicted molar refractivity (Wildman–Crippen MR) is 115 cm³/mol. The van der Waals surface area contributed by atoms with E-state index in [-0.39, 0.29) is 17.7 Å². The van der Waals surface area contributed by atoms with Crippen molar-refractivity contribution in [2.45, 2.75) is 32.8 Å². The monoisotopic (exact) mass is 426 g/mol. The molecule has 1 heterocycles. The molecule has 3 rings (SSSR count). The maximum atomic E-state index is 13.1. The average molecular weight is 426 g/mol. The van der Waals surface area contributed by atoms with Gasteiger partial charge in [0.05, 0.1) is 5.92 Å². The molecular weight excluding hydrogens is 399 g/mol. The standard InChI is InChI=1S/C24H27FN2O4/c1-3-27(21-7-5-4-6-8-21)22(28)17(2)31-24(30)19-13-15-26(16-14-19)23(29)18-9-11-20(25)12-10-18/h4-12,17,19H,3,13-16H2,1-2H3/t17-/m1/s1. The number of carbonyl (C=O) groups excluding carboxylic acids is 3. The first-order chi connectivity index (χ1) is 14.9. The van der Waals surface area contributed by atoms with Gasteiger partial charge in [-0.05, 0) is 63.1 Å². The van der Waals surface area contributed by atoms with Crippen LogP contribution in [0.4, 0.5) is 10.1 Å². The molecule has 0 saturated carbocycles. The van der Waals surface area contributed by atoms with Gasteiger partial charge < -0.3 is 14.5 Å². The van der Waals surface area contributed by atoms with Crippen LogP contribution >= 0.6 is 0 Å². The van der Waals surface area contributed by atoms with E-state index >= 15 is 0 Å². The minimum atomic E-state index is -0.897. The maximum Gasteiger partial charge on any atom is 0.309 e. The third-order valence-electron chi connectivity index (χ3n) is 5.50. The molecule has 1 fully saturated rings. The van der Waals surface area contributed by atoms with Gasteiger partial charge in [-0.3, -0.25) is 14.4 Å². The van der Waals surface area contributed by atoms with Crippen molar-refractivity contribution >= 4 is 23.5 Å². The number of likely N-dealkylation sites (tertiary alicyclic amines) is 1. The number of hydrogen-bond acceptors (Lipinski definition) is 4. The van der Waals surface area contributed by atoms with Gasteiger partial charge in [-0.1, -0.05) is 18.2 Å². The molecule has 0 aliphatic carbocycles. The van der Waals surface area contributed by atoms with Crippen molar-refractivity contribution in [1.82, 2.24) is 4.90 Å². The Morgan fingerprint density at radius 2 is 1.68 bits per heavy atom. The van der Waals surface area contributed by atoms with Crippen LogP contribution < -0.4 is 4.90 Å². The van der Waals surface area contributed by atoms with Crippen LogP contribution in [0.5, 0.6) is 0 Å². The lowest BCUT2D eigenvalue weighted by atomic mass is 9.96. The van der Waals surface area contributed by atoms with Gasteiger partial charge in [-0.2, -0.15) is 0 Å². The highest BCUT2D eigenvalue weighted by Gasteiger charge is 2.32. The Kier molecular flexibility index (Phi) is 7.39. The van der Waals surface area contributed by atoms with Crippen molar-refractivity contribution < 1.29 is 23.5 Å². The molecule has 0 radical (unpaired) electrons. The van der Waals surface area contributed by atoms with Crippen LogP contribution in [0.25, 0.3) is 0 Å². The molecule has 6 nitrogen and oxygen atoms in total. The van der Waals surface area contributed by atoms with Crippen LogP contribution in [0.3, 0.4) is 0 Å². The van der Waals surface area contributed by atoms with Gasteiger partial charge in [-0.25, -0.2) is 4.39 Å². The number of ether oxygens (including phenoxy) is 1. The molecule has 0 N–H and O–H groups in total. The third kappa shape index (κ3) is 5.48. The predicted octanol–water partition coefficient (Wildman–Crippen LogP) is 3.66. The number of benzene rings is 2. The Morgan fingerprint density at radius 1 is 1.06 bits per heavy atom. The van der Waals surface area contributed by atoms with E-state index in [4.69, 9.17) is 4.74 Å². The van der Waals surface area contributed by atoms with Crippen molar-refractivity contribution in [2.24, 2.45) is 5.92 Å². The number of rotatable bonds is 6. The zero-order valence-corrected chi connectivity index (χ0v) is 17.8. The Labute approximate surface area is 181 Å². The highest BCUT2D eigenvalue weighted by molar-refractivity contribution is 5.97. The van der Waals surface area contributed by atoms with Gasteiger partial charge in [-0.15, -0.1) is 0 Å². The minimum Gasteiger partial charge on any atom is -0.452 e. The van der Waals surface area contributed by atoms with Crippen molar-refractivity contribution in [2.75, 3.05) is 24.5 Å². The molecule has 0 aromatic heterocycles. The first-order valence-electron chi connectivity index (χ1n) is 10.5. The average Bonchev–Trinajstić information content (AvgIpc) is 2.80. The van der Waals surface area contributed by atoms with Crippen molar-refractivity contribution in [3.63, 3.8) is 0 Å². The summed E-state index contributed by atoms with van der Waals surface area (Å²) in [5, 5.41) is 0. The van der Waals surface area contributed by atoms with Crippen LogP contribution in [-0.2, 0) is 14.3 Å². The normalized spacial score (nSPS) is 15.3. The fraction of sp³-hybridized carbons (Fsp3) is 0.375. The van der Waals surface area contributed by atoms with Gasteiger partial charge in [0.2, 0.25) is 0 Å². The molecule has 1 aliphatic rings. The molecule has 0 unspecified atom stereocenters. The Balaban J connectivity index is 1.52. The smallest absolute Gasteiger partial charge is 0.309 e. The van der Waals surface area contributed by atoms with Crippen molar-refractivity contribution in [3.8, 4) is 0 Å². The van der Waals surface area contributed by atoms with E-state index in [1.165, 1.54) is 24.3 Å². The summed E-state index contributed by atoms with van der Waals surface area (Å²) in [6, 6.07) is 14.7. The Hall–Kier alpha value is -3.22. The molecule has 2 aromatic carbocycles. The number of piperidine rings is 1. The lowest BCUT2D eigenvalue weighted by Gasteiger charge is -2.32. The van der Waals surface area contributed by atoms with E-state index in [0.717, 1.165) is 5.69 Å². The van der Waals surface area contributed by atoms with Gasteiger partial charge in [0.15, 0.2) is 6.10 Å². The molecule has 7 heteroatoms. The lowest BCUT2D eigenvalue weighted by molar-refractivity contribution is -0.159. The van der Waals surface area contributed by atoms with E-state index in [1.54, 1.807) is 16.7 Å². The number of halogens is 1. The van der Waals surface area contributed by atoms with Crippen LogP contribution in [0.2, 0.25) is 0 Å². The zero-order chi connectivity index (χ0) is 22.4. The molecule has 1 atom stereocenters. The summed E-state index contributed by atoms with van der Waals surface area (Å²) in [5.41, 5.74) is 1.17. The van der Waals surface area contributed by atoms with E-state index < -0.39 is 17.9 Å². The van der Waals surface area contributed by atoms with Crippen LogP contribution in [0.15, 0.2) is 54.6 Å². The van der Waals surface area contributed by atoms with E-state index in [2.05, 4.69) is 0 Å². The van der Waals surface area contributed by atoms with Gasteiger partial charge in [0, 0.05) is 30.9 Å². The molecular formula is C24H27FN2O4. The summed E-state index contributed by atoms with van der Waals surface area (Å²) in [6.45, 7) is 4.73. The van der Waals surface area contributed by atoms with Crippen molar-refractivity contribution in [3.05, 3.63) is 66.0 Å². The van der Waals surface area contributed by atoms with Gasteiger partial charge >= 0.3 is 5.97 Å². The van der Waals surface area contributed by atoms with E-state index in [0.29, 0.717) is 38.0 Å². The summed E-state index contributed by atoms with van der Waals surface area (Å²) in [6.07, 6.45) is 0.0256. The molecule has 2 amide bonds. The lowest BCUT2D eigenvalue weighted by Crippen LogP contribution is -2.43. The van der Waals surface area contributed by atoms with Gasteiger partial charge in [0.1, 0.15) is 5.82 Å². The van der Waals surface area contributed by atoms with Crippen LogP contribution in [0, 0.1) is 11.7 Å². The maximum absolute atomic E-state index is 13.1. The number of carbonyl (C=O) groups is 3. The molecule has 2 aromatic rings. The first kappa shape index (κ1) is 22.5. The Morgan fingerprint density at radius 3 is 2.26 bits per heavy atom. The molecule has 164 valence electrons. The topological polar surface area (TPSA) is 66.9 Å². The molecule has 1 saturated heterocycles. The number of anilines is 1. The van der Waals surface area contributed by atoms with Crippen LogP contribution in [-0.4, -0.2) is 48.4 Å². The van der Waals surface area contributed by atoms with E-state index in [1.807, 2.05) is 37.3 Å². The second-order valence-electron chi connectivity index (χ2n) is 7.57. The second-order valence-corrected chi connectivity index (χ2v) is 7.57. The number of para-hydroxylation sites is 1. The molecule has 1 aliphatic heterocycles. The highest BCUT2D eigenvalue weighted by atomic mass is 19.1. The third-order valence-corrected chi connectivity index (χ3v) is 5.50. The van der Waals surface area contributed by atoms with Crippen LogP contribution in [0.1, 0.15) is 37.0 Å². The second kappa shape index (κ2) is 10.2.